The van der Waals surface area contributed by atoms with Crippen LogP contribution in [0.4, 0.5) is 8.78 Å². The van der Waals surface area contributed by atoms with Gasteiger partial charge in [0.25, 0.3) is 0 Å². The maximum atomic E-state index is 13.2. The van der Waals surface area contributed by atoms with Crippen molar-refractivity contribution in [3.05, 3.63) is 150 Å². The summed E-state index contributed by atoms with van der Waals surface area (Å²) in [5, 5.41) is 0. The van der Waals surface area contributed by atoms with E-state index in [1.807, 2.05) is 42.5 Å². The van der Waals surface area contributed by atoms with Gasteiger partial charge in [-0.1, -0.05) is 41.9 Å². The maximum Gasteiger partial charge on any atom is 0.345 e. The molecule has 6 nitrogen and oxygen atoms in total. The number of rotatable bonds is 11. The molecule has 0 saturated carbocycles. The highest BCUT2D eigenvalue weighted by molar-refractivity contribution is 7.97. The SMILES string of the molecule is CC(C)(C#Cc1ccc(F)cc1)OC(=O)COc1ccc([S+](c2ccccc2)c2ccc(OCC(=O)OC(C)(C)C#Cc3ccc(F)cc3)cc2)cc1. The summed E-state index contributed by atoms with van der Waals surface area (Å²) in [5.74, 6) is 10.7. The summed E-state index contributed by atoms with van der Waals surface area (Å²) in [5.41, 5.74) is -0.940. The number of halogens is 2. The molecule has 0 aromatic heterocycles. The number of ether oxygens (including phenoxy) is 4. The second-order valence-electron chi connectivity index (χ2n) is 12.6. The number of hydrogen-bond donors (Lipinski definition) is 0. The molecule has 0 amide bonds. The van der Waals surface area contributed by atoms with Crippen LogP contribution in [0.2, 0.25) is 0 Å². The van der Waals surface area contributed by atoms with E-state index >= 15 is 0 Å². The zero-order valence-electron chi connectivity index (χ0n) is 29.7. The summed E-state index contributed by atoms with van der Waals surface area (Å²) in [6.07, 6.45) is 0. The van der Waals surface area contributed by atoms with Crippen LogP contribution in [0.25, 0.3) is 0 Å². The van der Waals surface area contributed by atoms with Crippen molar-refractivity contribution in [2.24, 2.45) is 0 Å². The van der Waals surface area contributed by atoms with Crippen molar-refractivity contribution in [1.29, 1.82) is 0 Å². The molecule has 0 fully saturated rings. The van der Waals surface area contributed by atoms with Crippen LogP contribution < -0.4 is 9.47 Å². The predicted octanol–water partition coefficient (Wildman–Crippen LogP) is 8.56. The van der Waals surface area contributed by atoms with E-state index in [2.05, 4.69) is 35.8 Å². The van der Waals surface area contributed by atoms with Gasteiger partial charge in [0, 0.05) is 11.1 Å². The van der Waals surface area contributed by atoms with Gasteiger partial charge in [-0.3, -0.25) is 0 Å². The van der Waals surface area contributed by atoms with E-state index in [4.69, 9.17) is 18.9 Å². The van der Waals surface area contributed by atoms with Crippen molar-refractivity contribution in [1.82, 2.24) is 0 Å². The molecule has 268 valence electrons. The van der Waals surface area contributed by atoms with Gasteiger partial charge in [0.1, 0.15) is 23.1 Å². The van der Waals surface area contributed by atoms with Crippen LogP contribution >= 0.6 is 0 Å². The average molecular weight is 732 g/mol. The Morgan fingerprint density at radius 1 is 0.528 bits per heavy atom. The molecule has 9 heteroatoms. The lowest BCUT2D eigenvalue weighted by molar-refractivity contribution is -0.155. The first kappa shape index (κ1) is 38.2. The summed E-state index contributed by atoms with van der Waals surface area (Å²) < 4.78 is 48.8. The Labute approximate surface area is 311 Å². The lowest BCUT2D eigenvalue weighted by Crippen LogP contribution is -2.29. The fourth-order valence-electron chi connectivity index (χ4n) is 4.78. The number of benzene rings is 5. The molecule has 5 aromatic carbocycles. The number of esters is 2. The van der Waals surface area contributed by atoms with Gasteiger partial charge in [-0.15, -0.1) is 0 Å². The van der Waals surface area contributed by atoms with E-state index in [9.17, 15) is 18.4 Å². The van der Waals surface area contributed by atoms with E-state index in [0.717, 1.165) is 14.7 Å². The van der Waals surface area contributed by atoms with Crippen LogP contribution in [0.1, 0.15) is 38.8 Å². The zero-order valence-corrected chi connectivity index (χ0v) is 30.5. The fraction of sp³-hybridized carbons (Fsp3) is 0.182. The molecule has 0 bridgehead atoms. The minimum atomic E-state index is -1.08. The van der Waals surface area contributed by atoms with Crippen molar-refractivity contribution >= 4 is 22.8 Å². The normalized spacial score (nSPS) is 11.0. The van der Waals surface area contributed by atoms with Crippen LogP contribution in [0.3, 0.4) is 0 Å². The van der Waals surface area contributed by atoms with E-state index in [-0.39, 0.29) is 24.8 Å². The number of hydrogen-bond acceptors (Lipinski definition) is 6. The molecule has 0 aliphatic carbocycles. The molecule has 0 saturated heterocycles. The summed E-state index contributed by atoms with van der Waals surface area (Å²) in [4.78, 5) is 28.3. The predicted molar refractivity (Wildman–Crippen MR) is 199 cm³/mol. The van der Waals surface area contributed by atoms with Crippen molar-refractivity contribution in [2.45, 2.75) is 53.6 Å². The smallest absolute Gasteiger partial charge is 0.345 e. The second-order valence-corrected chi connectivity index (χ2v) is 14.6. The first-order chi connectivity index (χ1) is 25.3. The minimum absolute atomic E-state index is 0.304. The Bertz CT molecular complexity index is 1990. The van der Waals surface area contributed by atoms with Gasteiger partial charge in [0.05, 0.1) is 10.9 Å². The first-order valence-corrected chi connectivity index (χ1v) is 17.8. The van der Waals surface area contributed by atoms with Crippen molar-refractivity contribution < 1.29 is 37.3 Å². The van der Waals surface area contributed by atoms with Gasteiger partial charge in [-0.05, 0) is 137 Å². The second kappa shape index (κ2) is 17.5. The van der Waals surface area contributed by atoms with Gasteiger partial charge < -0.3 is 18.9 Å². The standard InChI is InChI=1S/C44H37F2O6S/c1-43(2,28-26-32-10-14-34(45)15-11-32)51-41(47)30-49-36-18-22-39(23-19-36)53(38-8-6-5-7-9-38)40-24-20-37(21-25-40)50-31-42(48)52-44(3,4)29-27-33-12-16-35(46)17-13-33/h5-25H,30-31H2,1-4H3/q+1. The Balaban J connectivity index is 1.18. The Morgan fingerprint density at radius 2 is 0.887 bits per heavy atom. The lowest BCUT2D eigenvalue weighted by Gasteiger charge is -2.19. The highest BCUT2D eigenvalue weighted by atomic mass is 32.2. The van der Waals surface area contributed by atoms with E-state index in [1.165, 1.54) is 24.3 Å². The molecule has 5 rings (SSSR count). The first-order valence-electron chi connectivity index (χ1n) is 16.6. The number of carbonyl (C=O) groups is 2. The van der Waals surface area contributed by atoms with Gasteiger partial charge in [-0.2, -0.15) is 0 Å². The largest absolute Gasteiger partial charge is 0.482 e. The lowest BCUT2D eigenvalue weighted by atomic mass is 10.1. The van der Waals surface area contributed by atoms with E-state index in [0.29, 0.717) is 22.6 Å². The molecule has 0 aliphatic heterocycles. The summed E-state index contributed by atoms with van der Waals surface area (Å²) in [6.45, 7) is 6.08. The van der Waals surface area contributed by atoms with Crippen LogP contribution in [-0.4, -0.2) is 36.4 Å². The third kappa shape index (κ3) is 12.0. The highest BCUT2D eigenvalue weighted by Crippen LogP contribution is 2.33. The summed E-state index contributed by atoms with van der Waals surface area (Å²) in [6, 6.07) is 36.6. The molecule has 0 radical (unpaired) electrons. The van der Waals surface area contributed by atoms with Crippen LogP contribution in [0, 0.1) is 35.3 Å². The Kier molecular flexibility index (Phi) is 12.6. The van der Waals surface area contributed by atoms with Gasteiger partial charge >= 0.3 is 11.9 Å². The van der Waals surface area contributed by atoms with Crippen molar-refractivity contribution in [3.63, 3.8) is 0 Å². The van der Waals surface area contributed by atoms with Crippen molar-refractivity contribution in [3.8, 4) is 35.2 Å². The molecule has 0 heterocycles. The molecular formula is C44H37F2O6S+. The molecule has 0 atom stereocenters. The quantitative estimate of drug-likeness (QED) is 0.0771. The van der Waals surface area contributed by atoms with Crippen LogP contribution in [0.15, 0.2) is 142 Å². The van der Waals surface area contributed by atoms with Gasteiger partial charge in [-0.25, -0.2) is 18.4 Å². The van der Waals surface area contributed by atoms with Crippen LogP contribution in [0.5, 0.6) is 11.5 Å². The molecule has 0 unspecified atom stereocenters. The third-order valence-corrected chi connectivity index (χ3v) is 9.48. The molecule has 5 aromatic rings. The fourth-order valence-corrected chi connectivity index (χ4v) is 6.85. The van der Waals surface area contributed by atoms with E-state index in [1.54, 1.807) is 76.2 Å². The average Bonchev–Trinajstić information content (AvgIpc) is 3.14. The summed E-state index contributed by atoms with van der Waals surface area (Å²) >= 11 is 0. The van der Waals surface area contributed by atoms with Gasteiger partial charge in [0.15, 0.2) is 39.1 Å². The molecule has 0 N–H and O–H groups in total. The summed E-state index contributed by atoms with van der Waals surface area (Å²) in [7, 11) is -0.489. The monoisotopic (exact) mass is 731 g/mol. The molecule has 53 heavy (non-hydrogen) atoms. The highest BCUT2D eigenvalue weighted by Gasteiger charge is 2.29. The zero-order chi connectivity index (χ0) is 37.8. The van der Waals surface area contributed by atoms with E-state index < -0.39 is 34.0 Å². The minimum Gasteiger partial charge on any atom is -0.482 e. The molecule has 0 spiro atoms. The Hall–Kier alpha value is -6.03. The maximum absolute atomic E-state index is 13.2. The third-order valence-electron chi connectivity index (χ3n) is 7.25. The topological polar surface area (TPSA) is 71.1 Å². The number of carbonyl (C=O) groups excluding carboxylic acids is 2. The van der Waals surface area contributed by atoms with Gasteiger partial charge in [0.2, 0.25) is 0 Å². The molecule has 0 aliphatic rings. The van der Waals surface area contributed by atoms with Crippen molar-refractivity contribution in [2.75, 3.05) is 13.2 Å². The Morgan fingerprint density at radius 3 is 1.26 bits per heavy atom. The van der Waals surface area contributed by atoms with Crippen LogP contribution in [-0.2, 0) is 30.0 Å². The molecular weight excluding hydrogens is 695 g/mol.